The highest BCUT2D eigenvalue weighted by molar-refractivity contribution is 6.32. The molecule has 0 fully saturated rings. The lowest BCUT2D eigenvalue weighted by Crippen LogP contribution is -2.33. The van der Waals surface area contributed by atoms with Gasteiger partial charge in [0.15, 0.2) is 0 Å². The second-order valence-corrected chi connectivity index (χ2v) is 5.72. The molecule has 2 aromatic rings. The van der Waals surface area contributed by atoms with Crippen molar-refractivity contribution in [1.82, 2.24) is 9.88 Å². The maximum Gasteiger partial charge on any atom is 0.280 e. The number of hydrogen-bond acceptors (Lipinski definition) is 5. The fraction of sp³-hybridized carbons (Fsp3) is 0.176. The first-order chi connectivity index (χ1) is 12.0. The lowest BCUT2D eigenvalue weighted by molar-refractivity contribution is -0.116. The Labute approximate surface area is 148 Å². The van der Waals surface area contributed by atoms with E-state index in [1.807, 2.05) is 0 Å². The molecule has 1 aromatic carbocycles. The maximum absolute atomic E-state index is 12.2. The Morgan fingerprint density at radius 1 is 1.28 bits per heavy atom. The van der Waals surface area contributed by atoms with Crippen molar-refractivity contribution in [3.63, 3.8) is 0 Å². The number of halogens is 1. The third kappa shape index (κ3) is 3.32. The lowest BCUT2D eigenvalue weighted by atomic mass is 10.2. The second-order valence-electron chi connectivity index (χ2n) is 5.31. The minimum absolute atomic E-state index is 0.0241. The van der Waals surface area contributed by atoms with Gasteiger partial charge in [0.25, 0.3) is 11.8 Å². The summed E-state index contributed by atoms with van der Waals surface area (Å²) in [6.07, 6.45) is 1.42. The zero-order valence-corrected chi connectivity index (χ0v) is 14.0. The number of imide groups is 1. The molecular formula is C17H14ClN3O4. The molecule has 0 bridgehead atoms. The van der Waals surface area contributed by atoms with Crippen LogP contribution in [0.3, 0.4) is 0 Å². The molecule has 8 heteroatoms. The highest BCUT2D eigenvalue weighted by Gasteiger charge is 2.36. The number of carbonyl (C=O) groups excluding carboxylic acids is 3. The van der Waals surface area contributed by atoms with Gasteiger partial charge < -0.3 is 10.1 Å². The van der Waals surface area contributed by atoms with Gasteiger partial charge in [0.05, 0.1) is 17.7 Å². The number of anilines is 1. The van der Waals surface area contributed by atoms with Crippen LogP contribution in [0.4, 0.5) is 5.69 Å². The van der Waals surface area contributed by atoms with Crippen LogP contribution in [0.1, 0.15) is 27.3 Å². The van der Waals surface area contributed by atoms with Crippen LogP contribution in [0, 0.1) is 0 Å². The molecule has 1 aliphatic heterocycles. The monoisotopic (exact) mass is 359 g/mol. The molecule has 3 amide bonds. The summed E-state index contributed by atoms with van der Waals surface area (Å²) in [5, 5.41) is 3.03. The van der Waals surface area contributed by atoms with E-state index in [9.17, 15) is 14.4 Å². The number of fused-ring (bicyclic) bond motifs is 1. The van der Waals surface area contributed by atoms with Gasteiger partial charge in [-0.1, -0.05) is 11.6 Å². The van der Waals surface area contributed by atoms with Crippen molar-refractivity contribution in [2.45, 2.75) is 6.42 Å². The zero-order valence-electron chi connectivity index (χ0n) is 13.3. The van der Waals surface area contributed by atoms with Crippen molar-refractivity contribution >= 4 is 35.0 Å². The molecule has 25 heavy (non-hydrogen) atoms. The van der Waals surface area contributed by atoms with E-state index in [-0.39, 0.29) is 30.1 Å². The first-order valence-corrected chi connectivity index (χ1v) is 7.83. The first kappa shape index (κ1) is 16.9. The molecule has 2 heterocycles. The largest absolute Gasteiger partial charge is 0.495 e. The Kier molecular flexibility index (Phi) is 4.67. The van der Waals surface area contributed by atoms with E-state index in [0.29, 0.717) is 16.5 Å². The molecule has 0 aliphatic carbocycles. The molecule has 0 saturated carbocycles. The molecule has 128 valence electrons. The van der Waals surface area contributed by atoms with Gasteiger partial charge in [-0.3, -0.25) is 24.3 Å². The molecule has 7 nitrogen and oxygen atoms in total. The van der Waals surface area contributed by atoms with E-state index in [1.54, 1.807) is 30.3 Å². The van der Waals surface area contributed by atoms with Crippen molar-refractivity contribution in [3.05, 3.63) is 52.8 Å². The van der Waals surface area contributed by atoms with Crippen LogP contribution < -0.4 is 10.1 Å². The first-order valence-electron chi connectivity index (χ1n) is 7.46. The summed E-state index contributed by atoms with van der Waals surface area (Å²) in [4.78, 5) is 41.4. The molecular weight excluding hydrogens is 346 g/mol. The van der Waals surface area contributed by atoms with Crippen molar-refractivity contribution in [1.29, 1.82) is 0 Å². The van der Waals surface area contributed by atoms with Gasteiger partial charge in [-0.05, 0) is 30.3 Å². The Bertz CT molecular complexity index is 834. The molecule has 1 aliphatic rings. The molecule has 1 aromatic heterocycles. The Morgan fingerprint density at radius 3 is 2.76 bits per heavy atom. The van der Waals surface area contributed by atoms with E-state index in [1.165, 1.54) is 13.3 Å². The van der Waals surface area contributed by atoms with Crippen LogP contribution >= 0.6 is 11.6 Å². The quantitative estimate of drug-likeness (QED) is 0.828. The predicted molar refractivity (Wildman–Crippen MR) is 90.9 cm³/mol. The van der Waals surface area contributed by atoms with Gasteiger partial charge in [-0.2, -0.15) is 0 Å². The number of nitrogens with one attached hydrogen (secondary N) is 1. The Morgan fingerprint density at radius 2 is 2.08 bits per heavy atom. The number of benzene rings is 1. The molecule has 3 rings (SSSR count). The SMILES string of the molecule is COc1ccc(NC(=O)CCN2C(=O)c3cccnc3C2=O)cc1Cl. The number of rotatable bonds is 5. The molecule has 0 radical (unpaired) electrons. The highest BCUT2D eigenvalue weighted by Crippen LogP contribution is 2.27. The van der Waals surface area contributed by atoms with Crippen LogP contribution in [0.5, 0.6) is 5.75 Å². The minimum Gasteiger partial charge on any atom is -0.495 e. The average Bonchev–Trinajstić information content (AvgIpc) is 2.85. The number of aromatic nitrogens is 1. The van der Waals surface area contributed by atoms with Crippen molar-refractivity contribution < 1.29 is 19.1 Å². The molecule has 0 atom stereocenters. The van der Waals surface area contributed by atoms with Crippen molar-refractivity contribution in [2.24, 2.45) is 0 Å². The summed E-state index contributed by atoms with van der Waals surface area (Å²) in [7, 11) is 1.50. The number of hydrogen-bond donors (Lipinski definition) is 1. The average molecular weight is 360 g/mol. The van der Waals surface area contributed by atoms with E-state index < -0.39 is 11.8 Å². The number of amides is 3. The van der Waals surface area contributed by atoms with Crippen LogP contribution in [0.2, 0.25) is 5.02 Å². The summed E-state index contributed by atoms with van der Waals surface area (Å²) < 4.78 is 5.04. The summed E-state index contributed by atoms with van der Waals surface area (Å²) in [6.45, 7) is -0.0241. The lowest BCUT2D eigenvalue weighted by Gasteiger charge is -2.13. The molecule has 0 saturated heterocycles. The second kappa shape index (κ2) is 6.90. The topological polar surface area (TPSA) is 88.6 Å². The van der Waals surface area contributed by atoms with Gasteiger partial charge in [-0.25, -0.2) is 0 Å². The predicted octanol–water partition coefficient (Wildman–Crippen LogP) is 2.37. The van der Waals surface area contributed by atoms with E-state index in [2.05, 4.69) is 10.3 Å². The number of nitrogens with zero attached hydrogens (tertiary/aromatic N) is 2. The summed E-state index contributed by atoms with van der Waals surface area (Å²) in [6, 6.07) is 7.97. The van der Waals surface area contributed by atoms with Gasteiger partial charge >= 0.3 is 0 Å². The van der Waals surface area contributed by atoms with Crippen molar-refractivity contribution in [3.8, 4) is 5.75 Å². The van der Waals surface area contributed by atoms with Gasteiger partial charge in [0.2, 0.25) is 5.91 Å². The minimum atomic E-state index is -0.485. The highest BCUT2D eigenvalue weighted by atomic mass is 35.5. The van der Waals surface area contributed by atoms with Crippen LogP contribution in [-0.4, -0.2) is 41.3 Å². The maximum atomic E-state index is 12.2. The standard InChI is InChI=1S/C17H14ClN3O4/c1-25-13-5-4-10(9-12(13)18)20-14(22)6-8-21-16(23)11-3-2-7-19-15(11)17(21)24/h2-5,7,9H,6,8H2,1H3,(H,20,22). The van der Waals surface area contributed by atoms with E-state index in [4.69, 9.17) is 16.3 Å². The number of ether oxygens (including phenoxy) is 1. The third-order valence-corrected chi connectivity index (χ3v) is 4.02. The zero-order chi connectivity index (χ0) is 18.0. The Balaban J connectivity index is 1.61. The summed E-state index contributed by atoms with van der Waals surface area (Å²) >= 11 is 6.00. The van der Waals surface area contributed by atoms with Crippen LogP contribution in [0.15, 0.2) is 36.5 Å². The van der Waals surface area contributed by atoms with Gasteiger partial charge in [0.1, 0.15) is 11.4 Å². The van der Waals surface area contributed by atoms with Gasteiger partial charge in [-0.15, -0.1) is 0 Å². The van der Waals surface area contributed by atoms with E-state index >= 15 is 0 Å². The fourth-order valence-electron chi connectivity index (χ4n) is 2.50. The van der Waals surface area contributed by atoms with Crippen LogP contribution in [0.25, 0.3) is 0 Å². The number of pyridine rings is 1. The van der Waals surface area contributed by atoms with Crippen LogP contribution in [-0.2, 0) is 4.79 Å². The number of carbonyl (C=O) groups is 3. The van der Waals surface area contributed by atoms with E-state index in [0.717, 1.165) is 4.90 Å². The normalized spacial score (nSPS) is 13.0. The summed E-state index contributed by atoms with van der Waals surface area (Å²) in [5.74, 6) is -0.766. The summed E-state index contributed by atoms with van der Waals surface area (Å²) in [5.41, 5.74) is 0.879. The van der Waals surface area contributed by atoms with Crippen molar-refractivity contribution in [2.75, 3.05) is 19.0 Å². The third-order valence-electron chi connectivity index (χ3n) is 3.73. The Hall–Kier alpha value is -2.93. The fourth-order valence-corrected chi connectivity index (χ4v) is 2.76. The number of methoxy groups -OCH3 is 1. The molecule has 0 spiro atoms. The molecule has 0 unspecified atom stereocenters. The molecule has 1 N–H and O–H groups in total. The smallest absolute Gasteiger partial charge is 0.280 e. The van der Waals surface area contributed by atoms with Gasteiger partial charge in [0, 0.05) is 24.8 Å².